The van der Waals surface area contributed by atoms with Gasteiger partial charge in [0.2, 0.25) is 5.78 Å². The first kappa shape index (κ1) is 12.8. The van der Waals surface area contributed by atoms with Gasteiger partial charge in [0.05, 0.1) is 0 Å². The smallest absolute Gasteiger partial charge is 0.289 e. The summed E-state index contributed by atoms with van der Waals surface area (Å²) in [6, 6.07) is 6.41. The Morgan fingerprint density at radius 2 is 1.83 bits per heavy atom. The van der Waals surface area contributed by atoms with E-state index in [-0.39, 0.29) is 0 Å². The third kappa shape index (κ3) is 2.78. The Morgan fingerprint density at radius 3 is 2.50 bits per heavy atom. The van der Waals surface area contributed by atoms with Gasteiger partial charge < -0.3 is 4.90 Å². The van der Waals surface area contributed by atoms with E-state index in [0.717, 1.165) is 18.4 Å². The summed E-state index contributed by atoms with van der Waals surface area (Å²) in [6.45, 7) is 1.82. The van der Waals surface area contributed by atoms with E-state index in [2.05, 4.69) is 18.2 Å². The summed E-state index contributed by atoms with van der Waals surface area (Å²) in [5, 5.41) is 0. The van der Waals surface area contributed by atoms with Crippen LogP contribution in [0.5, 0.6) is 0 Å². The van der Waals surface area contributed by atoms with E-state index < -0.39 is 11.7 Å². The van der Waals surface area contributed by atoms with Crippen LogP contribution in [0.4, 0.5) is 0 Å². The van der Waals surface area contributed by atoms with Crippen LogP contribution in [-0.2, 0) is 29.0 Å². The molecule has 0 N–H and O–H groups in total. The standard InChI is InChI=1S/C15H19NO2/c1-11(17)15(18)16(2)10-12-7-8-13-5-3-4-6-14(13)9-12/h7-9H,3-6,10H2,1-2H3. The summed E-state index contributed by atoms with van der Waals surface area (Å²) < 4.78 is 0. The van der Waals surface area contributed by atoms with E-state index in [1.807, 2.05) is 0 Å². The van der Waals surface area contributed by atoms with Crippen LogP contribution in [0.3, 0.4) is 0 Å². The number of hydrogen-bond donors (Lipinski definition) is 0. The zero-order valence-corrected chi connectivity index (χ0v) is 11.0. The minimum Gasteiger partial charge on any atom is -0.335 e. The molecular formula is C15H19NO2. The Hall–Kier alpha value is -1.64. The van der Waals surface area contributed by atoms with Crippen LogP contribution in [0.1, 0.15) is 36.5 Å². The van der Waals surface area contributed by atoms with E-state index >= 15 is 0 Å². The van der Waals surface area contributed by atoms with Gasteiger partial charge in [-0.1, -0.05) is 18.2 Å². The Kier molecular flexibility index (Phi) is 3.80. The highest BCUT2D eigenvalue weighted by atomic mass is 16.2. The Labute approximate surface area is 108 Å². The van der Waals surface area contributed by atoms with E-state index in [1.165, 1.54) is 35.8 Å². The van der Waals surface area contributed by atoms with Gasteiger partial charge >= 0.3 is 0 Å². The first-order valence-electron chi connectivity index (χ1n) is 6.44. The SMILES string of the molecule is CC(=O)C(=O)N(C)Cc1ccc2c(c1)CCCC2. The van der Waals surface area contributed by atoms with Crippen molar-refractivity contribution < 1.29 is 9.59 Å². The largest absolute Gasteiger partial charge is 0.335 e. The van der Waals surface area contributed by atoms with Gasteiger partial charge in [-0.05, 0) is 42.4 Å². The Balaban J connectivity index is 2.10. The highest BCUT2D eigenvalue weighted by molar-refractivity contribution is 6.34. The van der Waals surface area contributed by atoms with Crippen LogP contribution in [0.25, 0.3) is 0 Å². The molecule has 1 amide bonds. The highest BCUT2D eigenvalue weighted by Crippen LogP contribution is 2.22. The Bertz CT molecular complexity index is 479. The van der Waals surface area contributed by atoms with Crippen LogP contribution in [0.15, 0.2) is 18.2 Å². The molecule has 96 valence electrons. The van der Waals surface area contributed by atoms with E-state index in [4.69, 9.17) is 0 Å². The number of benzene rings is 1. The van der Waals surface area contributed by atoms with Crippen molar-refractivity contribution in [2.75, 3.05) is 7.05 Å². The minimum absolute atomic E-state index is 0.407. The van der Waals surface area contributed by atoms with Gasteiger partial charge in [0.15, 0.2) is 0 Å². The lowest BCUT2D eigenvalue weighted by Gasteiger charge is -2.19. The average Bonchev–Trinajstić information content (AvgIpc) is 2.37. The van der Waals surface area contributed by atoms with Crippen molar-refractivity contribution in [2.24, 2.45) is 0 Å². The molecular weight excluding hydrogens is 226 g/mol. The fourth-order valence-electron chi connectivity index (χ4n) is 2.50. The van der Waals surface area contributed by atoms with Crippen LogP contribution in [0.2, 0.25) is 0 Å². The van der Waals surface area contributed by atoms with Crippen molar-refractivity contribution in [2.45, 2.75) is 39.2 Å². The summed E-state index contributed by atoms with van der Waals surface area (Å²) in [5.74, 6) is -0.830. The molecule has 0 saturated heterocycles. The van der Waals surface area contributed by atoms with Crippen molar-refractivity contribution in [1.82, 2.24) is 4.90 Å². The second-order valence-electron chi connectivity index (χ2n) is 5.03. The molecule has 1 aliphatic rings. The predicted molar refractivity (Wildman–Crippen MR) is 70.2 cm³/mol. The maximum Gasteiger partial charge on any atom is 0.289 e. The van der Waals surface area contributed by atoms with Gasteiger partial charge in [-0.2, -0.15) is 0 Å². The number of Topliss-reactive ketones (excluding diaryl/α,β-unsaturated/α-hetero) is 1. The Morgan fingerprint density at radius 1 is 1.17 bits per heavy atom. The molecule has 3 nitrogen and oxygen atoms in total. The zero-order chi connectivity index (χ0) is 13.1. The zero-order valence-electron chi connectivity index (χ0n) is 11.0. The summed E-state index contributed by atoms with van der Waals surface area (Å²) in [6.07, 6.45) is 4.82. The molecule has 0 unspecified atom stereocenters. The van der Waals surface area contributed by atoms with E-state index in [9.17, 15) is 9.59 Å². The van der Waals surface area contributed by atoms with Crippen molar-refractivity contribution >= 4 is 11.7 Å². The van der Waals surface area contributed by atoms with Crippen molar-refractivity contribution in [3.8, 4) is 0 Å². The fourth-order valence-corrected chi connectivity index (χ4v) is 2.50. The summed E-state index contributed by atoms with van der Waals surface area (Å²) >= 11 is 0. The molecule has 3 heteroatoms. The number of carbonyl (C=O) groups is 2. The van der Waals surface area contributed by atoms with Crippen molar-refractivity contribution in [3.63, 3.8) is 0 Å². The maximum absolute atomic E-state index is 11.5. The molecule has 2 rings (SSSR count). The molecule has 0 bridgehead atoms. The molecule has 1 aromatic rings. The molecule has 0 heterocycles. The lowest BCUT2D eigenvalue weighted by Crippen LogP contribution is -2.31. The number of carbonyl (C=O) groups excluding carboxylic acids is 2. The summed E-state index contributed by atoms with van der Waals surface area (Å²) in [4.78, 5) is 24.0. The molecule has 18 heavy (non-hydrogen) atoms. The molecule has 1 aliphatic carbocycles. The normalized spacial score (nSPS) is 13.9. The lowest BCUT2D eigenvalue weighted by atomic mass is 9.90. The second-order valence-corrected chi connectivity index (χ2v) is 5.03. The molecule has 0 spiro atoms. The summed E-state index contributed by atoms with van der Waals surface area (Å²) in [5.41, 5.74) is 3.95. The molecule has 0 aliphatic heterocycles. The molecule has 1 aromatic carbocycles. The van der Waals surface area contributed by atoms with Gasteiger partial charge in [-0.15, -0.1) is 0 Å². The van der Waals surface area contributed by atoms with Crippen molar-refractivity contribution in [3.05, 3.63) is 34.9 Å². The number of rotatable bonds is 3. The third-order valence-corrected chi connectivity index (χ3v) is 3.48. The number of fused-ring (bicyclic) bond motifs is 1. The molecule has 0 aromatic heterocycles. The lowest BCUT2D eigenvalue weighted by molar-refractivity contribution is -0.143. The topological polar surface area (TPSA) is 37.4 Å². The van der Waals surface area contributed by atoms with Gasteiger partial charge in [-0.25, -0.2) is 0 Å². The fraction of sp³-hybridized carbons (Fsp3) is 0.467. The average molecular weight is 245 g/mol. The van der Waals surface area contributed by atoms with E-state index in [1.54, 1.807) is 7.05 Å². The van der Waals surface area contributed by atoms with Crippen LogP contribution < -0.4 is 0 Å². The number of nitrogens with zero attached hydrogens (tertiary/aromatic N) is 1. The predicted octanol–water partition coefficient (Wildman–Crippen LogP) is 2.11. The monoisotopic (exact) mass is 245 g/mol. The first-order valence-corrected chi connectivity index (χ1v) is 6.44. The quantitative estimate of drug-likeness (QED) is 0.765. The van der Waals surface area contributed by atoms with Crippen LogP contribution >= 0.6 is 0 Å². The van der Waals surface area contributed by atoms with Gasteiger partial charge in [0.25, 0.3) is 5.91 Å². The highest BCUT2D eigenvalue weighted by Gasteiger charge is 2.15. The van der Waals surface area contributed by atoms with Crippen LogP contribution in [0, 0.1) is 0 Å². The molecule has 0 saturated carbocycles. The number of hydrogen-bond acceptors (Lipinski definition) is 2. The number of aryl methyl sites for hydroxylation is 2. The molecule has 0 fully saturated rings. The van der Waals surface area contributed by atoms with Gasteiger partial charge in [0.1, 0.15) is 0 Å². The van der Waals surface area contributed by atoms with Gasteiger partial charge in [0, 0.05) is 20.5 Å². The number of ketones is 1. The first-order chi connectivity index (χ1) is 8.58. The summed E-state index contributed by atoms with van der Waals surface area (Å²) in [7, 11) is 1.67. The molecule has 0 radical (unpaired) electrons. The van der Waals surface area contributed by atoms with E-state index in [0.29, 0.717) is 6.54 Å². The second kappa shape index (κ2) is 5.34. The number of amides is 1. The third-order valence-electron chi connectivity index (χ3n) is 3.48. The maximum atomic E-state index is 11.5. The van der Waals surface area contributed by atoms with Crippen LogP contribution in [-0.4, -0.2) is 23.6 Å². The number of likely N-dealkylation sites (N-methyl/N-ethyl adjacent to an activating group) is 1. The van der Waals surface area contributed by atoms with Crippen molar-refractivity contribution in [1.29, 1.82) is 0 Å². The molecule has 0 atom stereocenters. The van der Waals surface area contributed by atoms with Gasteiger partial charge in [-0.3, -0.25) is 9.59 Å². The minimum atomic E-state index is -0.423.